The lowest BCUT2D eigenvalue weighted by atomic mass is 9.93. The van der Waals surface area contributed by atoms with Gasteiger partial charge in [0.05, 0.1) is 0 Å². The lowest BCUT2D eigenvalue weighted by Crippen LogP contribution is -2.43. The normalized spacial score (nSPS) is 11.2. The molecule has 0 unspecified atom stereocenters. The van der Waals surface area contributed by atoms with Crippen molar-refractivity contribution >= 4 is 17.8 Å². The van der Waals surface area contributed by atoms with Gasteiger partial charge in [-0.2, -0.15) is 0 Å². The monoisotopic (exact) mass is 258 g/mol. The lowest BCUT2D eigenvalue weighted by Gasteiger charge is -2.18. The molecule has 0 bridgehead atoms. The summed E-state index contributed by atoms with van der Waals surface area (Å²) in [7, 11) is 0. The van der Waals surface area contributed by atoms with Crippen molar-refractivity contribution in [2.45, 2.75) is 34.1 Å². The SMILES string of the molecule is CC(C)CNC(=O)CCNC(=O)C(C)(C)C(=O)O. The number of carbonyl (C=O) groups is 3. The topological polar surface area (TPSA) is 95.5 Å². The quantitative estimate of drug-likeness (QED) is 0.575. The van der Waals surface area contributed by atoms with E-state index >= 15 is 0 Å². The van der Waals surface area contributed by atoms with Crippen LogP contribution in [0.2, 0.25) is 0 Å². The Morgan fingerprint density at radius 1 is 1.17 bits per heavy atom. The van der Waals surface area contributed by atoms with E-state index in [1.165, 1.54) is 13.8 Å². The molecule has 0 heterocycles. The Balaban J connectivity index is 3.95. The molecule has 6 nitrogen and oxygen atoms in total. The number of hydrogen-bond donors (Lipinski definition) is 3. The second-order valence-corrected chi connectivity index (χ2v) is 5.13. The minimum Gasteiger partial charge on any atom is -0.480 e. The van der Waals surface area contributed by atoms with Gasteiger partial charge in [-0.05, 0) is 19.8 Å². The molecule has 0 aromatic heterocycles. The summed E-state index contributed by atoms with van der Waals surface area (Å²) in [6, 6.07) is 0. The summed E-state index contributed by atoms with van der Waals surface area (Å²) < 4.78 is 0. The average molecular weight is 258 g/mol. The number of aliphatic carboxylic acids is 1. The molecule has 0 aromatic rings. The lowest BCUT2D eigenvalue weighted by molar-refractivity contribution is -0.153. The molecule has 3 N–H and O–H groups in total. The summed E-state index contributed by atoms with van der Waals surface area (Å²) in [6.45, 7) is 7.34. The molecular formula is C12H22N2O4. The van der Waals surface area contributed by atoms with Crippen LogP contribution < -0.4 is 10.6 Å². The van der Waals surface area contributed by atoms with Crippen molar-refractivity contribution < 1.29 is 19.5 Å². The van der Waals surface area contributed by atoms with Crippen LogP contribution in [0, 0.1) is 11.3 Å². The molecule has 6 heteroatoms. The van der Waals surface area contributed by atoms with Crippen LogP contribution in [0.15, 0.2) is 0 Å². The summed E-state index contributed by atoms with van der Waals surface area (Å²) in [5, 5.41) is 14.0. The van der Waals surface area contributed by atoms with Gasteiger partial charge in [-0.3, -0.25) is 14.4 Å². The van der Waals surface area contributed by atoms with Crippen molar-refractivity contribution in [3.8, 4) is 0 Å². The van der Waals surface area contributed by atoms with Crippen LogP contribution in [-0.4, -0.2) is 36.0 Å². The van der Waals surface area contributed by atoms with Crippen LogP contribution in [0.1, 0.15) is 34.1 Å². The van der Waals surface area contributed by atoms with Crippen LogP contribution in [0.3, 0.4) is 0 Å². The second-order valence-electron chi connectivity index (χ2n) is 5.13. The zero-order chi connectivity index (χ0) is 14.3. The molecule has 0 radical (unpaired) electrons. The third-order valence-electron chi connectivity index (χ3n) is 2.45. The van der Waals surface area contributed by atoms with Crippen molar-refractivity contribution in [1.29, 1.82) is 0 Å². The third-order valence-corrected chi connectivity index (χ3v) is 2.45. The first-order valence-corrected chi connectivity index (χ1v) is 5.96. The van der Waals surface area contributed by atoms with Crippen LogP contribution in [0.5, 0.6) is 0 Å². The number of rotatable bonds is 7. The van der Waals surface area contributed by atoms with Gasteiger partial charge in [-0.1, -0.05) is 13.8 Å². The van der Waals surface area contributed by atoms with Crippen LogP contribution >= 0.6 is 0 Å². The maximum absolute atomic E-state index is 11.5. The standard InChI is InChI=1S/C12H22N2O4/c1-8(2)7-14-9(15)5-6-13-10(16)12(3,4)11(17)18/h8H,5-7H2,1-4H3,(H,13,16)(H,14,15)(H,17,18). The molecule has 18 heavy (non-hydrogen) atoms. The molecule has 0 aliphatic heterocycles. The largest absolute Gasteiger partial charge is 0.480 e. The van der Waals surface area contributed by atoms with Gasteiger partial charge in [-0.25, -0.2) is 0 Å². The fourth-order valence-corrected chi connectivity index (χ4v) is 1.01. The Morgan fingerprint density at radius 3 is 2.17 bits per heavy atom. The highest BCUT2D eigenvalue weighted by molar-refractivity contribution is 6.01. The Hall–Kier alpha value is -1.59. The van der Waals surface area contributed by atoms with Gasteiger partial charge in [0.25, 0.3) is 0 Å². The van der Waals surface area contributed by atoms with Gasteiger partial charge in [0, 0.05) is 19.5 Å². The Labute approximate surface area is 107 Å². The number of carboxylic acid groups (broad SMARTS) is 1. The van der Waals surface area contributed by atoms with Gasteiger partial charge in [0.2, 0.25) is 11.8 Å². The Bertz CT molecular complexity index is 324. The molecule has 0 aliphatic rings. The number of carboxylic acids is 1. The molecule has 0 rings (SSSR count). The van der Waals surface area contributed by atoms with E-state index in [1.54, 1.807) is 0 Å². The molecule has 0 aliphatic carbocycles. The van der Waals surface area contributed by atoms with E-state index in [0.29, 0.717) is 12.5 Å². The van der Waals surface area contributed by atoms with Crippen molar-refractivity contribution in [3.05, 3.63) is 0 Å². The van der Waals surface area contributed by atoms with Gasteiger partial charge < -0.3 is 15.7 Å². The van der Waals surface area contributed by atoms with Crippen molar-refractivity contribution in [2.24, 2.45) is 11.3 Å². The summed E-state index contributed by atoms with van der Waals surface area (Å²) in [6.07, 6.45) is 0.147. The molecule has 0 saturated carbocycles. The van der Waals surface area contributed by atoms with E-state index in [9.17, 15) is 14.4 Å². The maximum atomic E-state index is 11.5. The van der Waals surface area contributed by atoms with Crippen molar-refractivity contribution in [2.75, 3.05) is 13.1 Å². The molecule has 104 valence electrons. The van der Waals surface area contributed by atoms with Crippen molar-refractivity contribution in [3.63, 3.8) is 0 Å². The van der Waals surface area contributed by atoms with Gasteiger partial charge in [0.15, 0.2) is 0 Å². The summed E-state index contributed by atoms with van der Waals surface area (Å²) in [4.78, 5) is 33.7. The summed E-state index contributed by atoms with van der Waals surface area (Å²) in [5.74, 6) is -1.57. The van der Waals surface area contributed by atoms with E-state index in [-0.39, 0.29) is 18.9 Å². The average Bonchev–Trinajstić information content (AvgIpc) is 2.25. The first-order valence-electron chi connectivity index (χ1n) is 5.96. The van der Waals surface area contributed by atoms with Crippen LogP contribution in [0.4, 0.5) is 0 Å². The molecule has 0 saturated heterocycles. The van der Waals surface area contributed by atoms with E-state index in [2.05, 4.69) is 10.6 Å². The van der Waals surface area contributed by atoms with Gasteiger partial charge >= 0.3 is 5.97 Å². The van der Waals surface area contributed by atoms with Crippen LogP contribution in [-0.2, 0) is 14.4 Å². The number of carbonyl (C=O) groups excluding carboxylic acids is 2. The third kappa shape index (κ3) is 5.65. The fourth-order valence-electron chi connectivity index (χ4n) is 1.01. The predicted molar refractivity (Wildman–Crippen MR) is 66.9 cm³/mol. The predicted octanol–water partition coefficient (Wildman–Crippen LogP) is 0.376. The molecule has 0 spiro atoms. The summed E-state index contributed by atoms with van der Waals surface area (Å²) >= 11 is 0. The molecule has 0 atom stereocenters. The minimum absolute atomic E-state index is 0.138. The van der Waals surface area contributed by atoms with Crippen LogP contribution in [0.25, 0.3) is 0 Å². The molecule has 0 fully saturated rings. The maximum Gasteiger partial charge on any atom is 0.318 e. The van der Waals surface area contributed by atoms with Gasteiger partial charge in [-0.15, -0.1) is 0 Å². The number of amides is 2. The Morgan fingerprint density at radius 2 is 1.72 bits per heavy atom. The van der Waals surface area contributed by atoms with E-state index < -0.39 is 17.3 Å². The second kappa shape index (κ2) is 6.98. The van der Waals surface area contributed by atoms with Crippen molar-refractivity contribution in [1.82, 2.24) is 10.6 Å². The van der Waals surface area contributed by atoms with E-state index in [0.717, 1.165) is 0 Å². The zero-order valence-corrected chi connectivity index (χ0v) is 11.4. The highest BCUT2D eigenvalue weighted by atomic mass is 16.4. The first-order chi connectivity index (χ1) is 8.17. The summed E-state index contributed by atoms with van der Waals surface area (Å²) in [5.41, 5.74) is -1.48. The number of nitrogens with one attached hydrogen (secondary N) is 2. The number of hydrogen-bond acceptors (Lipinski definition) is 3. The Kier molecular flexibility index (Phi) is 6.36. The zero-order valence-electron chi connectivity index (χ0n) is 11.4. The van der Waals surface area contributed by atoms with E-state index in [4.69, 9.17) is 5.11 Å². The molecule has 2 amide bonds. The van der Waals surface area contributed by atoms with E-state index in [1.807, 2.05) is 13.8 Å². The fraction of sp³-hybridized carbons (Fsp3) is 0.750. The first kappa shape index (κ1) is 16.4. The molecular weight excluding hydrogens is 236 g/mol. The molecule has 0 aromatic carbocycles. The smallest absolute Gasteiger partial charge is 0.318 e. The van der Waals surface area contributed by atoms with Gasteiger partial charge in [0.1, 0.15) is 5.41 Å². The highest BCUT2D eigenvalue weighted by Gasteiger charge is 2.35. The highest BCUT2D eigenvalue weighted by Crippen LogP contribution is 2.14. The minimum atomic E-state index is -1.48.